The molecule has 0 aliphatic rings. The van der Waals surface area contributed by atoms with Crippen molar-refractivity contribution in [3.8, 4) is 0 Å². The molecule has 22 heavy (non-hydrogen) atoms. The van der Waals surface area contributed by atoms with Gasteiger partial charge in [0.15, 0.2) is 0 Å². The number of carbonyl (C=O) groups is 1. The fourth-order valence-corrected chi connectivity index (χ4v) is 2.43. The molecular weight excluding hydrogens is 281 g/mol. The molecule has 0 aliphatic carbocycles. The quantitative estimate of drug-likeness (QED) is 0.923. The third kappa shape index (κ3) is 3.72. The van der Waals surface area contributed by atoms with E-state index >= 15 is 0 Å². The maximum atomic E-state index is 13.3. The van der Waals surface area contributed by atoms with Crippen LogP contribution in [0.1, 0.15) is 36.8 Å². The number of aromatic nitrogens is 2. The van der Waals surface area contributed by atoms with Crippen molar-refractivity contribution in [3.63, 3.8) is 0 Å². The van der Waals surface area contributed by atoms with Crippen LogP contribution in [0.4, 0.5) is 4.39 Å². The van der Waals surface area contributed by atoms with Crippen LogP contribution in [0.15, 0.2) is 30.6 Å². The molecule has 1 aromatic heterocycles. The third-order valence-electron chi connectivity index (χ3n) is 3.78. The molecule has 2 rings (SSSR count). The van der Waals surface area contributed by atoms with E-state index in [9.17, 15) is 9.18 Å². The predicted molar refractivity (Wildman–Crippen MR) is 83.8 cm³/mol. The average molecular weight is 303 g/mol. The summed E-state index contributed by atoms with van der Waals surface area (Å²) in [7, 11) is 1.90. The van der Waals surface area contributed by atoms with E-state index in [2.05, 4.69) is 10.3 Å². The lowest BCUT2D eigenvalue weighted by Crippen LogP contribution is -2.34. The molecule has 1 aromatic carbocycles. The van der Waals surface area contributed by atoms with Gasteiger partial charge in [0.05, 0.1) is 12.5 Å². The normalized spacial score (nSPS) is 12.5. The number of aryl methyl sites for hydroxylation is 2. The van der Waals surface area contributed by atoms with E-state index in [1.807, 2.05) is 38.6 Å². The highest BCUT2D eigenvalue weighted by atomic mass is 19.1. The molecule has 0 radical (unpaired) electrons. The van der Waals surface area contributed by atoms with Crippen LogP contribution in [-0.2, 0) is 18.3 Å². The smallest absolute Gasteiger partial charge is 0.225 e. The molecule has 1 heterocycles. The summed E-state index contributed by atoms with van der Waals surface area (Å²) in [4.78, 5) is 16.6. The van der Waals surface area contributed by atoms with E-state index in [4.69, 9.17) is 0 Å². The zero-order valence-electron chi connectivity index (χ0n) is 13.4. The van der Waals surface area contributed by atoms with Crippen LogP contribution >= 0.6 is 0 Å². The molecule has 0 bridgehead atoms. The Hall–Kier alpha value is -2.17. The highest BCUT2D eigenvalue weighted by Gasteiger charge is 2.22. The molecule has 1 amide bonds. The van der Waals surface area contributed by atoms with E-state index in [0.717, 1.165) is 11.4 Å². The van der Waals surface area contributed by atoms with Gasteiger partial charge >= 0.3 is 0 Å². The van der Waals surface area contributed by atoms with Gasteiger partial charge in [0.2, 0.25) is 5.91 Å². The number of nitrogens with zero attached hydrogens (tertiary/aromatic N) is 2. The summed E-state index contributed by atoms with van der Waals surface area (Å²) in [6.45, 7) is 5.95. The Kier molecular flexibility index (Phi) is 4.96. The molecule has 5 heteroatoms. The van der Waals surface area contributed by atoms with Crippen molar-refractivity contribution in [1.82, 2.24) is 14.9 Å². The summed E-state index contributed by atoms with van der Waals surface area (Å²) in [5, 5.41) is 3.01. The van der Waals surface area contributed by atoms with Crippen LogP contribution in [0.25, 0.3) is 0 Å². The fraction of sp³-hybridized carbons (Fsp3) is 0.412. The zero-order chi connectivity index (χ0) is 16.3. The van der Waals surface area contributed by atoms with Crippen LogP contribution < -0.4 is 5.32 Å². The van der Waals surface area contributed by atoms with Gasteiger partial charge in [-0.2, -0.15) is 0 Å². The van der Waals surface area contributed by atoms with Gasteiger partial charge in [0.25, 0.3) is 0 Å². The van der Waals surface area contributed by atoms with Gasteiger partial charge in [-0.3, -0.25) is 4.79 Å². The second-order valence-electron chi connectivity index (χ2n) is 5.93. The van der Waals surface area contributed by atoms with Gasteiger partial charge in [-0.05, 0) is 36.1 Å². The van der Waals surface area contributed by atoms with Crippen molar-refractivity contribution in [2.45, 2.75) is 33.2 Å². The fourth-order valence-electron chi connectivity index (χ4n) is 2.43. The number of nitrogens with one attached hydrogen (secondary N) is 1. The first-order valence-corrected chi connectivity index (χ1v) is 7.40. The van der Waals surface area contributed by atoms with Crippen molar-refractivity contribution in [2.75, 3.05) is 0 Å². The second kappa shape index (κ2) is 6.73. The van der Waals surface area contributed by atoms with Gasteiger partial charge in [-0.25, -0.2) is 9.37 Å². The number of amides is 1. The van der Waals surface area contributed by atoms with Crippen LogP contribution in [0, 0.1) is 18.7 Å². The summed E-state index contributed by atoms with van der Waals surface area (Å²) in [5.41, 5.74) is 1.62. The highest BCUT2D eigenvalue weighted by Crippen LogP contribution is 2.20. The maximum Gasteiger partial charge on any atom is 0.225 e. The highest BCUT2D eigenvalue weighted by molar-refractivity contribution is 5.79. The molecule has 0 saturated carbocycles. The zero-order valence-corrected chi connectivity index (χ0v) is 13.4. The lowest BCUT2D eigenvalue weighted by atomic mass is 10.0. The first-order chi connectivity index (χ1) is 10.4. The van der Waals surface area contributed by atoms with Crippen LogP contribution in [0.5, 0.6) is 0 Å². The molecule has 0 unspecified atom stereocenters. The van der Waals surface area contributed by atoms with Crippen molar-refractivity contribution in [1.29, 1.82) is 0 Å². The minimum atomic E-state index is -0.321. The first kappa shape index (κ1) is 16.2. The standard InChI is InChI=1S/C17H22FN3O/c1-11(2)16(17-19-7-8-21(17)4)20-15(22)10-13-9-14(18)6-5-12(13)3/h5-9,11,16H,10H2,1-4H3,(H,20,22)/t16-/m1/s1. The summed E-state index contributed by atoms with van der Waals surface area (Å²) in [6.07, 6.45) is 3.73. The average Bonchev–Trinajstić information content (AvgIpc) is 2.86. The Morgan fingerprint density at radius 1 is 1.41 bits per heavy atom. The van der Waals surface area contributed by atoms with Gasteiger partial charge in [0, 0.05) is 19.4 Å². The largest absolute Gasteiger partial charge is 0.346 e. The Morgan fingerprint density at radius 2 is 2.14 bits per heavy atom. The molecule has 1 atom stereocenters. The number of halogens is 1. The first-order valence-electron chi connectivity index (χ1n) is 7.40. The SMILES string of the molecule is Cc1ccc(F)cc1CC(=O)N[C@@H](c1nccn1C)C(C)C. The molecule has 0 aliphatic heterocycles. The number of hydrogen-bond donors (Lipinski definition) is 1. The van der Waals surface area contributed by atoms with E-state index in [-0.39, 0.29) is 30.1 Å². The Morgan fingerprint density at radius 3 is 2.73 bits per heavy atom. The van der Waals surface area contributed by atoms with Gasteiger partial charge in [-0.15, -0.1) is 0 Å². The topological polar surface area (TPSA) is 46.9 Å². The predicted octanol–water partition coefficient (Wildman–Crippen LogP) is 2.92. The van der Waals surface area contributed by atoms with E-state index in [1.165, 1.54) is 12.1 Å². The summed E-state index contributed by atoms with van der Waals surface area (Å²) < 4.78 is 15.2. The number of hydrogen-bond acceptors (Lipinski definition) is 2. The lowest BCUT2D eigenvalue weighted by Gasteiger charge is -2.22. The molecule has 1 N–H and O–H groups in total. The molecule has 0 fully saturated rings. The van der Waals surface area contributed by atoms with Crippen molar-refractivity contribution >= 4 is 5.91 Å². The van der Waals surface area contributed by atoms with E-state index in [1.54, 1.807) is 12.3 Å². The van der Waals surface area contributed by atoms with Gasteiger partial charge in [-0.1, -0.05) is 19.9 Å². The van der Waals surface area contributed by atoms with Crippen LogP contribution in [0.2, 0.25) is 0 Å². The van der Waals surface area contributed by atoms with Crippen molar-refractivity contribution in [3.05, 3.63) is 53.4 Å². The number of benzene rings is 1. The van der Waals surface area contributed by atoms with Gasteiger partial charge in [0.1, 0.15) is 11.6 Å². The molecule has 0 spiro atoms. The molecule has 2 aromatic rings. The van der Waals surface area contributed by atoms with E-state index in [0.29, 0.717) is 5.56 Å². The minimum absolute atomic E-state index is 0.129. The molecule has 4 nitrogen and oxygen atoms in total. The second-order valence-corrected chi connectivity index (χ2v) is 5.93. The maximum absolute atomic E-state index is 13.3. The minimum Gasteiger partial charge on any atom is -0.346 e. The number of carbonyl (C=O) groups excluding carboxylic acids is 1. The molecule has 118 valence electrons. The number of rotatable bonds is 5. The van der Waals surface area contributed by atoms with Gasteiger partial charge < -0.3 is 9.88 Å². The van der Waals surface area contributed by atoms with Crippen molar-refractivity contribution < 1.29 is 9.18 Å². The molecule has 0 saturated heterocycles. The van der Waals surface area contributed by atoms with Crippen LogP contribution in [-0.4, -0.2) is 15.5 Å². The summed E-state index contributed by atoms with van der Waals surface area (Å²) in [5.74, 6) is 0.575. The summed E-state index contributed by atoms with van der Waals surface area (Å²) >= 11 is 0. The third-order valence-corrected chi connectivity index (χ3v) is 3.78. The van der Waals surface area contributed by atoms with Crippen LogP contribution in [0.3, 0.4) is 0 Å². The lowest BCUT2D eigenvalue weighted by molar-refractivity contribution is -0.121. The Bertz CT molecular complexity index is 664. The number of imidazole rings is 1. The van der Waals surface area contributed by atoms with Crippen molar-refractivity contribution in [2.24, 2.45) is 13.0 Å². The molecular formula is C17H22FN3O. The Balaban J connectivity index is 2.12. The Labute approximate surface area is 130 Å². The summed E-state index contributed by atoms with van der Waals surface area (Å²) in [6, 6.07) is 4.35. The van der Waals surface area contributed by atoms with E-state index < -0.39 is 0 Å². The monoisotopic (exact) mass is 303 g/mol.